The lowest BCUT2D eigenvalue weighted by Gasteiger charge is -2.40. The molecule has 0 fully saturated rings. The first-order valence-corrected chi connectivity index (χ1v) is 9.53. The maximum atomic E-state index is 6.16. The Balaban J connectivity index is 2.02. The zero-order valence-corrected chi connectivity index (χ0v) is 16.7. The van der Waals surface area contributed by atoms with Crippen LogP contribution in [-0.2, 0) is 12.8 Å². The van der Waals surface area contributed by atoms with Gasteiger partial charge in [0.15, 0.2) is 11.5 Å². The monoisotopic (exact) mass is 364 g/mol. The first kappa shape index (κ1) is 17.9. The number of methoxy groups -OCH3 is 1. The van der Waals surface area contributed by atoms with Crippen molar-refractivity contribution in [1.29, 1.82) is 0 Å². The second-order valence-electron chi connectivity index (χ2n) is 7.64. The molecule has 0 saturated carbocycles. The van der Waals surface area contributed by atoms with Crippen molar-refractivity contribution in [1.82, 2.24) is 4.90 Å². The van der Waals surface area contributed by atoms with Gasteiger partial charge in [-0.05, 0) is 60.3 Å². The SMILES string of the molecule is C=CCOc1c(OC)cc2c3c1-c1cc(N(C)C)ccc1CC3N(C)CC2. The van der Waals surface area contributed by atoms with Crippen LogP contribution in [0.5, 0.6) is 11.5 Å². The quantitative estimate of drug-likeness (QED) is 0.747. The third-order valence-electron chi connectivity index (χ3n) is 5.83. The van der Waals surface area contributed by atoms with Crippen molar-refractivity contribution in [2.24, 2.45) is 0 Å². The molecule has 27 heavy (non-hydrogen) atoms. The average molecular weight is 364 g/mol. The van der Waals surface area contributed by atoms with Crippen LogP contribution in [0.3, 0.4) is 0 Å². The summed E-state index contributed by atoms with van der Waals surface area (Å²) in [5, 5.41) is 0. The third-order valence-corrected chi connectivity index (χ3v) is 5.83. The van der Waals surface area contributed by atoms with Gasteiger partial charge in [0.05, 0.1) is 7.11 Å². The van der Waals surface area contributed by atoms with Crippen LogP contribution in [0.15, 0.2) is 36.9 Å². The van der Waals surface area contributed by atoms with Crippen LogP contribution < -0.4 is 14.4 Å². The van der Waals surface area contributed by atoms with Crippen molar-refractivity contribution in [3.8, 4) is 22.6 Å². The summed E-state index contributed by atoms with van der Waals surface area (Å²) in [6.45, 7) is 5.35. The molecule has 0 radical (unpaired) electrons. The van der Waals surface area contributed by atoms with Crippen molar-refractivity contribution < 1.29 is 9.47 Å². The van der Waals surface area contributed by atoms with Crippen molar-refractivity contribution in [3.63, 3.8) is 0 Å². The van der Waals surface area contributed by atoms with Crippen LogP contribution in [0.25, 0.3) is 11.1 Å². The summed E-state index contributed by atoms with van der Waals surface area (Å²) in [7, 11) is 8.11. The van der Waals surface area contributed by atoms with Crippen LogP contribution in [0.4, 0.5) is 5.69 Å². The summed E-state index contributed by atoms with van der Waals surface area (Å²) in [5.74, 6) is 1.66. The van der Waals surface area contributed by atoms with Gasteiger partial charge in [-0.3, -0.25) is 4.90 Å². The molecule has 0 N–H and O–H groups in total. The van der Waals surface area contributed by atoms with Gasteiger partial charge in [-0.2, -0.15) is 0 Å². The Hall–Kier alpha value is -2.46. The second-order valence-corrected chi connectivity index (χ2v) is 7.64. The van der Waals surface area contributed by atoms with E-state index in [-0.39, 0.29) is 0 Å². The molecule has 1 heterocycles. The molecule has 4 nitrogen and oxygen atoms in total. The Kier molecular flexibility index (Phi) is 4.60. The van der Waals surface area contributed by atoms with Gasteiger partial charge in [-0.1, -0.05) is 18.7 Å². The maximum Gasteiger partial charge on any atom is 0.169 e. The first-order valence-electron chi connectivity index (χ1n) is 9.53. The van der Waals surface area contributed by atoms with E-state index in [1.165, 1.54) is 33.5 Å². The number of hydrogen-bond donors (Lipinski definition) is 0. The molecule has 1 unspecified atom stereocenters. The number of hydrogen-bond acceptors (Lipinski definition) is 4. The molecule has 1 atom stereocenters. The lowest BCUT2D eigenvalue weighted by Crippen LogP contribution is -2.35. The Morgan fingerprint density at radius 3 is 2.78 bits per heavy atom. The lowest BCUT2D eigenvalue weighted by atomic mass is 9.76. The van der Waals surface area contributed by atoms with Crippen LogP contribution in [0.1, 0.15) is 22.7 Å². The molecular weight excluding hydrogens is 336 g/mol. The first-order chi connectivity index (χ1) is 13.0. The molecule has 0 bridgehead atoms. The van der Waals surface area contributed by atoms with Gasteiger partial charge in [0.25, 0.3) is 0 Å². The number of fused-ring (bicyclic) bond motifs is 2. The van der Waals surface area contributed by atoms with Crippen molar-refractivity contribution in [3.05, 3.63) is 53.6 Å². The van der Waals surface area contributed by atoms with E-state index < -0.39 is 0 Å². The molecule has 1 aliphatic carbocycles. The van der Waals surface area contributed by atoms with Gasteiger partial charge in [-0.25, -0.2) is 0 Å². The topological polar surface area (TPSA) is 24.9 Å². The van der Waals surface area contributed by atoms with Crippen LogP contribution in [-0.4, -0.2) is 46.3 Å². The normalized spacial score (nSPS) is 17.7. The van der Waals surface area contributed by atoms with Gasteiger partial charge in [0.1, 0.15) is 6.61 Å². The Morgan fingerprint density at radius 1 is 1.26 bits per heavy atom. The summed E-state index contributed by atoms with van der Waals surface area (Å²) in [5.41, 5.74) is 7.83. The fraction of sp³-hybridized carbons (Fsp3) is 0.391. The summed E-state index contributed by atoms with van der Waals surface area (Å²) in [6, 6.07) is 9.33. The van der Waals surface area contributed by atoms with Gasteiger partial charge in [-0.15, -0.1) is 0 Å². The molecule has 2 aliphatic rings. The number of anilines is 1. The van der Waals surface area contributed by atoms with Crippen molar-refractivity contribution in [2.45, 2.75) is 18.9 Å². The van der Waals surface area contributed by atoms with Gasteiger partial charge < -0.3 is 14.4 Å². The summed E-state index contributed by atoms with van der Waals surface area (Å²) >= 11 is 0. The van der Waals surface area contributed by atoms with Crippen molar-refractivity contribution in [2.75, 3.05) is 46.3 Å². The highest BCUT2D eigenvalue weighted by Crippen LogP contribution is 2.52. The fourth-order valence-corrected chi connectivity index (χ4v) is 4.39. The Morgan fingerprint density at radius 2 is 2.07 bits per heavy atom. The molecule has 0 aromatic heterocycles. The summed E-state index contributed by atoms with van der Waals surface area (Å²) in [4.78, 5) is 4.62. The molecule has 142 valence electrons. The highest BCUT2D eigenvalue weighted by Gasteiger charge is 2.36. The molecule has 1 aliphatic heterocycles. The molecule has 0 saturated heterocycles. The van der Waals surface area contributed by atoms with E-state index in [4.69, 9.17) is 9.47 Å². The zero-order valence-electron chi connectivity index (χ0n) is 16.7. The van der Waals surface area contributed by atoms with E-state index in [9.17, 15) is 0 Å². The zero-order chi connectivity index (χ0) is 19.1. The molecular formula is C23H28N2O2. The smallest absolute Gasteiger partial charge is 0.169 e. The van der Waals surface area contributed by atoms with E-state index in [1.54, 1.807) is 13.2 Å². The van der Waals surface area contributed by atoms with Gasteiger partial charge >= 0.3 is 0 Å². The number of rotatable bonds is 5. The molecule has 4 heteroatoms. The molecule has 2 aromatic carbocycles. The Bertz CT molecular complexity index is 888. The van der Waals surface area contributed by atoms with Crippen LogP contribution >= 0.6 is 0 Å². The number of nitrogens with zero attached hydrogens (tertiary/aromatic N) is 2. The van der Waals surface area contributed by atoms with Crippen molar-refractivity contribution >= 4 is 5.69 Å². The predicted molar refractivity (Wildman–Crippen MR) is 111 cm³/mol. The molecule has 0 amide bonds. The maximum absolute atomic E-state index is 6.16. The van der Waals surface area contributed by atoms with Gasteiger partial charge in [0.2, 0.25) is 0 Å². The lowest BCUT2D eigenvalue weighted by molar-refractivity contribution is 0.226. The fourth-order valence-electron chi connectivity index (χ4n) is 4.39. The standard InChI is InChI=1S/C23H28N2O2/c1-6-11-27-23-20(26-5)13-16-9-10-25(4)19-12-15-7-8-17(24(2)3)14-18(15)22(23)21(16)19/h6-8,13-14,19H,1,9-12H2,2-5H3. The van der Waals surface area contributed by atoms with E-state index >= 15 is 0 Å². The highest BCUT2D eigenvalue weighted by molar-refractivity contribution is 5.85. The van der Waals surface area contributed by atoms with E-state index in [0.717, 1.165) is 30.9 Å². The largest absolute Gasteiger partial charge is 0.493 e. The molecule has 2 aromatic rings. The minimum Gasteiger partial charge on any atom is -0.493 e. The van der Waals surface area contributed by atoms with E-state index in [2.05, 4.69) is 61.8 Å². The summed E-state index contributed by atoms with van der Waals surface area (Å²) < 4.78 is 11.9. The molecule has 4 rings (SSSR count). The minimum atomic E-state index is 0.387. The van der Waals surface area contributed by atoms with Crippen LogP contribution in [0, 0.1) is 0 Å². The Labute approximate surface area is 162 Å². The van der Waals surface area contributed by atoms with Crippen LogP contribution in [0.2, 0.25) is 0 Å². The minimum absolute atomic E-state index is 0.387. The van der Waals surface area contributed by atoms with Gasteiger partial charge in [0, 0.05) is 37.9 Å². The summed E-state index contributed by atoms with van der Waals surface area (Å²) in [6.07, 6.45) is 3.86. The average Bonchev–Trinajstić information content (AvgIpc) is 2.68. The van der Waals surface area contributed by atoms with E-state index in [1.807, 2.05) is 0 Å². The third kappa shape index (κ3) is 2.88. The van der Waals surface area contributed by atoms with E-state index in [0.29, 0.717) is 12.6 Å². The number of ether oxygens (including phenoxy) is 2. The number of benzene rings is 2. The predicted octanol–water partition coefficient (Wildman–Crippen LogP) is 4.08. The second kappa shape index (κ2) is 6.93. The molecule has 0 spiro atoms. The number of likely N-dealkylation sites (N-methyl/N-ethyl adjacent to an activating group) is 1. The highest BCUT2D eigenvalue weighted by atomic mass is 16.5.